The Hall–Kier alpha value is -2.74. The molecule has 0 spiro atoms. The van der Waals surface area contributed by atoms with Crippen LogP contribution in [-0.4, -0.2) is 48.3 Å². The first-order valence-electron chi connectivity index (χ1n) is 9.54. The van der Waals surface area contributed by atoms with Gasteiger partial charge in [-0.3, -0.25) is 18.9 Å². The maximum Gasteiger partial charge on any atom is 0.272 e. The fraction of sp³-hybridized carbons (Fsp3) is 0.474. The predicted octanol–water partition coefficient (Wildman–Crippen LogP) is 2.21. The standard InChI is InChI=1S/C19H24N6O2/c26-12-4-3-8-21-19(27)17-16-13-20-10-11-24(16)18(23-17)15-7-9-22-25(15)14-5-1-2-6-14/h7,9-11,13-14,26H,1-6,8,12H2,(H,21,27). The number of nitrogens with one attached hydrogen (secondary N) is 1. The molecule has 3 heterocycles. The molecular formula is C19H24N6O2. The molecule has 3 aromatic heterocycles. The molecule has 1 amide bonds. The number of carbonyl (C=O) groups excluding carboxylic acids is 1. The zero-order valence-corrected chi connectivity index (χ0v) is 15.2. The van der Waals surface area contributed by atoms with E-state index in [9.17, 15) is 4.79 Å². The molecule has 1 fully saturated rings. The number of aliphatic hydroxyl groups is 1. The number of aliphatic hydroxyl groups excluding tert-OH is 1. The molecule has 4 rings (SSSR count). The van der Waals surface area contributed by atoms with Gasteiger partial charge in [-0.1, -0.05) is 12.8 Å². The summed E-state index contributed by atoms with van der Waals surface area (Å²) < 4.78 is 3.95. The molecule has 0 unspecified atom stereocenters. The summed E-state index contributed by atoms with van der Waals surface area (Å²) in [5.74, 6) is 0.480. The second-order valence-electron chi connectivity index (χ2n) is 6.90. The number of amides is 1. The second kappa shape index (κ2) is 7.87. The molecule has 2 N–H and O–H groups in total. The van der Waals surface area contributed by atoms with E-state index in [0.717, 1.165) is 25.0 Å². The van der Waals surface area contributed by atoms with Crippen molar-refractivity contribution in [3.63, 3.8) is 0 Å². The van der Waals surface area contributed by atoms with Gasteiger partial charge in [0, 0.05) is 31.7 Å². The monoisotopic (exact) mass is 368 g/mol. The van der Waals surface area contributed by atoms with Crippen LogP contribution in [0.5, 0.6) is 0 Å². The van der Waals surface area contributed by atoms with Crippen LogP contribution in [-0.2, 0) is 0 Å². The molecule has 27 heavy (non-hydrogen) atoms. The van der Waals surface area contributed by atoms with E-state index in [1.165, 1.54) is 12.8 Å². The topological polar surface area (TPSA) is 97.3 Å². The molecule has 0 saturated heterocycles. The summed E-state index contributed by atoms with van der Waals surface area (Å²) >= 11 is 0. The first-order chi connectivity index (χ1) is 13.3. The maximum absolute atomic E-state index is 12.6. The smallest absolute Gasteiger partial charge is 0.272 e. The average Bonchev–Trinajstić information content (AvgIpc) is 3.43. The Bertz CT molecular complexity index is 925. The van der Waals surface area contributed by atoms with Gasteiger partial charge in [0.25, 0.3) is 5.91 Å². The Morgan fingerprint density at radius 1 is 1.26 bits per heavy atom. The number of carbonyl (C=O) groups is 1. The summed E-state index contributed by atoms with van der Waals surface area (Å²) in [6, 6.07) is 2.34. The first kappa shape index (κ1) is 17.7. The van der Waals surface area contributed by atoms with Crippen molar-refractivity contribution in [1.82, 2.24) is 29.5 Å². The third kappa shape index (κ3) is 3.44. The third-order valence-electron chi connectivity index (χ3n) is 5.10. The Morgan fingerprint density at radius 2 is 2.11 bits per heavy atom. The van der Waals surface area contributed by atoms with Gasteiger partial charge in [0.15, 0.2) is 11.5 Å². The van der Waals surface area contributed by atoms with Gasteiger partial charge < -0.3 is 10.4 Å². The summed E-state index contributed by atoms with van der Waals surface area (Å²) in [4.78, 5) is 21.5. The van der Waals surface area contributed by atoms with Crippen molar-refractivity contribution < 1.29 is 9.90 Å². The van der Waals surface area contributed by atoms with Gasteiger partial charge in [-0.25, -0.2) is 4.98 Å². The molecule has 8 heteroatoms. The van der Waals surface area contributed by atoms with Gasteiger partial charge in [-0.2, -0.15) is 5.10 Å². The molecule has 1 aliphatic carbocycles. The lowest BCUT2D eigenvalue weighted by molar-refractivity contribution is 0.0949. The van der Waals surface area contributed by atoms with Crippen molar-refractivity contribution in [2.75, 3.05) is 13.2 Å². The molecule has 8 nitrogen and oxygen atoms in total. The number of rotatable bonds is 7. The predicted molar refractivity (Wildman–Crippen MR) is 100 cm³/mol. The number of hydrogen-bond donors (Lipinski definition) is 2. The van der Waals surface area contributed by atoms with Crippen LogP contribution in [0.25, 0.3) is 17.0 Å². The molecule has 0 bridgehead atoms. The highest BCUT2D eigenvalue weighted by Crippen LogP contribution is 2.33. The molecule has 0 aliphatic heterocycles. The van der Waals surface area contributed by atoms with Crippen LogP contribution >= 0.6 is 0 Å². The van der Waals surface area contributed by atoms with Crippen LogP contribution in [0.3, 0.4) is 0 Å². The highest BCUT2D eigenvalue weighted by atomic mass is 16.3. The zero-order valence-electron chi connectivity index (χ0n) is 15.2. The summed E-state index contributed by atoms with van der Waals surface area (Å²) in [6.07, 6.45) is 13.1. The van der Waals surface area contributed by atoms with E-state index in [4.69, 9.17) is 5.11 Å². The van der Waals surface area contributed by atoms with Crippen molar-refractivity contribution in [2.24, 2.45) is 0 Å². The normalized spacial score (nSPS) is 14.9. The Morgan fingerprint density at radius 3 is 2.93 bits per heavy atom. The van der Waals surface area contributed by atoms with Crippen molar-refractivity contribution in [2.45, 2.75) is 44.6 Å². The van der Waals surface area contributed by atoms with E-state index < -0.39 is 0 Å². The molecule has 1 aliphatic rings. The lowest BCUT2D eigenvalue weighted by atomic mass is 10.2. The summed E-state index contributed by atoms with van der Waals surface area (Å²) in [5, 5.41) is 16.3. The van der Waals surface area contributed by atoms with E-state index in [0.29, 0.717) is 36.0 Å². The van der Waals surface area contributed by atoms with Crippen molar-refractivity contribution in [1.29, 1.82) is 0 Å². The van der Waals surface area contributed by atoms with E-state index in [1.807, 2.05) is 21.3 Å². The summed E-state index contributed by atoms with van der Waals surface area (Å²) in [5.41, 5.74) is 1.95. The largest absolute Gasteiger partial charge is 0.396 e. The molecule has 0 aromatic carbocycles. The highest BCUT2D eigenvalue weighted by molar-refractivity contribution is 5.99. The lowest BCUT2D eigenvalue weighted by Gasteiger charge is -2.13. The van der Waals surface area contributed by atoms with Gasteiger partial charge in [-0.15, -0.1) is 0 Å². The third-order valence-corrected chi connectivity index (χ3v) is 5.10. The molecule has 0 atom stereocenters. The van der Waals surface area contributed by atoms with Gasteiger partial charge >= 0.3 is 0 Å². The molecule has 1 saturated carbocycles. The summed E-state index contributed by atoms with van der Waals surface area (Å²) in [6.45, 7) is 0.635. The van der Waals surface area contributed by atoms with E-state index in [1.54, 1.807) is 18.6 Å². The maximum atomic E-state index is 12.6. The number of hydrogen-bond acceptors (Lipinski definition) is 5. The number of unbranched alkanes of at least 4 members (excludes halogenated alkanes) is 1. The number of nitrogens with zero attached hydrogens (tertiary/aromatic N) is 5. The Kier molecular flexibility index (Phi) is 5.15. The van der Waals surface area contributed by atoms with Gasteiger partial charge in [-0.05, 0) is 31.7 Å². The quantitative estimate of drug-likeness (QED) is 0.623. The molecule has 142 valence electrons. The van der Waals surface area contributed by atoms with Crippen LogP contribution in [0.2, 0.25) is 0 Å². The number of imidazole rings is 1. The van der Waals surface area contributed by atoms with Crippen molar-refractivity contribution in [3.05, 3.63) is 36.5 Å². The minimum absolute atomic E-state index is 0.127. The minimum atomic E-state index is -0.225. The fourth-order valence-corrected chi connectivity index (χ4v) is 3.74. The molecule has 0 radical (unpaired) electrons. The Balaban J connectivity index is 1.69. The van der Waals surface area contributed by atoms with Crippen molar-refractivity contribution >= 4 is 11.4 Å². The van der Waals surface area contributed by atoms with Crippen LogP contribution in [0.15, 0.2) is 30.9 Å². The second-order valence-corrected chi connectivity index (χ2v) is 6.90. The van der Waals surface area contributed by atoms with Gasteiger partial charge in [0.05, 0.1) is 17.8 Å². The van der Waals surface area contributed by atoms with E-state index in [-0.39, 0.29) is 12.5 Å². The van der Waals surface area contributed by atoms with E-state index in [2.05, 4.69) is 20.4 Å². The highest BCUT2D eigenvalue weighted by Gasteiger charge is 2.24. The molecule has 3 aromatic rings. The number of fused-ring (bicyclic) bond motifs is 1. The van der Waals surface area contributed by atoms with Crippen molar-refractivity contribution in [3.8, 4) is 11.5 Å². The Labute approximate surface area is 157 Å². The number of aromatic nitrogens is 5. The lowest BCUT2D eigenvalue weighted by Crippen LogP contribution is -2.25. The van der Waals surface area contributed by atoms with Crippen LogP contribution in [0, 0.1) is 0 Å². The summed E-state index contributed by atoms with van der Waals surface area (Å²) in [7, 11) is 0. The fourth-order valence-electron chi connectivity index (χ4n) is 3.74. The average molecular weight is 368 g/mol. The first-order valence-corrected chi connectivity index (χ1v) is 9.54. The molecular weight excluding hydrogens is 344 g/mol. The minimum Gasteiger partial charge on any atom is -0.396 e. The van der Waals surface area contributed by atoms with E-state index >= 15 is 0 Å². The zero-order chi connectivity index (χ0) is 18.6. The van der Waals surface area contributed by atoms with Gasteiger partial charge in [0.2, 0.25) is 0 Å². The SMILES string of the molecule is O=C(NCCCCO)c1nc(-c2ccnn2C2CCCC2)n2ccncc12. The van der Waals surface area contributed by atoms with Crippen LogP contribution in [0.4, 0.5) is 0 Å². The van der Waals surface area contributed by atoms with Gasteiger partial charge in [0.1, 0.15) is 5.69 Å². The van der Waals surface area contributed by atoms with Crippen LogP contribution < -0.4 is 5.32 Å². The van der Waals surface area contributed by atoms with Crippen LogP contribution in [0.1, 0.15) is 55.1 Å².